The summed E-state index contributed by atoms with van der Waals surface area (Å²) in [6, 6.07) is 22.3. The van der Waals surface area contributed by atoms with Crippen LogP contribution in [0.4, 0.5) is 0 Å². The molecule has 4 heteroatoms. The number of ether oxygens (including phenoxy) is 1. The van der Waals surface area contributed by atoms with Gasteiger partial charge in [0.1, 0.15) is 11.9 Å². The molecule has 2 atom stereocenters. The average Bonchev–Trinajstić information content (AvgIpc) is 2.87. The number of thiocarbonyl (C=S) groups is 1. The molecule has 0 aliphatic heterocycles. The highest BCUT2D eigenvalue weighted by Gasteiger charge is 2.63. The largest absolute Gasteiger partial charge is 0.490 e. The number of para-hydroxylation sites is 1. The summed E-state index contributed by atoms with van der Waals surface area (Å²) < 4.78 is 6.70. The van der Waals surface area contributed by atoms with E-state index in [1.807, 2.05) is 0 Å². The van der Waals surface area contributed by atoms with Crippen LogP contribution in [0.2, 0.25) is 0 Å². The number of nitrogens with two attached hydrogens (primary N) is 1. The van der Waals surface area contributed by atoms with Gasteiger partial charge in [-0.3, -0.25) is 0 Å². The molecule has 2 unspecified atom stereocenters. The molecule has 4 bridgehead atoms. The monoisotopic (exact) mass is 474 g/mol. The lowest BCUT2D eigenvalue weighted by Crippen LogP contribution is -2.64. The third-order valence-corrected chi connectivity index (χ3v) is 10.2. The standard InChI is InChI=1S/C30H38N2OS/c31-19-21-11-13-25(14-12-21)32-28(34)30-17-22-15-29(20-30,24-7-3-1-4-8-24)16-23(18-30)27(22)33-26-9-5-2-6-10-26/h1-10,21-23,25,27H,11-20,31H2,(H,32,34)/t21-,22?,23?,25-,27?,29?,30?. The Morgan fingerprint density at radius 2 is 1.50 bits per heavy atom. The minimum atomic E-state index is 0.109. The molecule has 34 heavy (non-hydrogen) atoms. The zero-order chi connectivity index (χ0) is 23.2. The van der Waals surface area contributed by atoms with E-state index in [0.717, 1.165) is 17.3 Å². The van der Waals surface area contributed by atoms with Gasteiger partial charge in [0.05, 0.1) is 4.99 Å². The van der Waals surface area contributed by atoms with Gasteiger partial charge in [0.15, 0.2) is 0 Å². The van der Waals surface area contributed by atoms with Crippen LogP contribution < -0.4 is 15.8 Å². The number of hydrogen-bond acceptors (Lipinski definition) is 3. The lowest BCUT2D eigenvalue weighted by molar-refractivity contribution is -0.113. The van der Waals surface area contributed by atoms with Crippen molar-refractivity contribution in [2.45, 2.75) is 75.3 Å². The second-order valence-corrected chi connectivity index (χ2v) is 12.2. The van der Waals surface area contributed by atoms with E-state index >= 15 is 0 Å². The summed E-state index contributed by atoms with van der Waals surface area (Å²) in [6.07, 6.45) is 11.1. The van der Waals surface area contributed by atoms with E-state index in [4.69, 9.17) is 22.7 Å². The first-order valence-electron chi connectivity index (χ1n) is 13.4. The highest BCUT2D eigenvalue weighted by atomic mass is 32.1. The zero-order valence-electron chi connectivity index (χ0n) is 20.1. The van der Waals surface area contributed by atoms with Gasteiger partial charge < -0.3 is 15.8 Å². The molecule has 5 fully saturated rings. The summed E-state index contributed by atoms with van der Waals surface area (Å²) in [4.78, 5) is 1.15. The maximum Gasteiger partial charge on any atom is 0.119 e. The Labute approximate surface area is 209 Å². The molecule has 5 aliphatic rings. The van der Waals surface area contributed by atoms with Gasteiger partial charge in [0.25, 0.3) is 0 Å². The summed E-state index contributed by atoms with van der Waals surface area (Å²) in [6.45, 7) is 0.826. The first kappa shape index (κ1) is 22.5. The van der Waals surface area contributed by atoms with Crippen LogP contribution in [0.1, 0.15) is 63.4 Å². The van der Waals surface area contributed by atoms with Crippen LogP contribution in [0.25, 0.3) is 0 Å². The van der Waals surface area contributed by atoms with E-state index in [-0.39, 0.29) is 10.8 Å². The quantitative estimate of drug-likeness (QED) is 0.503. The molecule has 180 valence electrons. The molecule has 0 saturated heterocycles. The second-order valence-electron chi connectivity index (χ2n) is 11.8. The SMILES string of the molecule is NC[C@H]1CC[C@H](NC(=S)C23CC4CC(c5ccccc5)(CC(C2)C4Oc2ccccc2)C3)CC1. The molecule has 0 spiro atoms. The summed E-state index contributed by atoms with van der Waals surface area (Å²) in [5.74, 6) is 2.81. The van der Waals surface area contributed by atoms with Crippen molar-refractivity contribution in [1.29, 1.82) is 0 Å². The predicted octanol–water partition coefficient (Wildman–Crippen LogP) is 6.02. The molecule has 0 heterocycles. The fraction of sp³-hybridized carbons (Fsp3) is 0.567. The van der Waals surface area contributed by atoms with Crippen molar-refractivity contribution in [2.24, 2.45) is 28.9 Å². The van der Waals surface area contributed by atoms with Crippen LogP contribution >= 0.6 is 12.2 Å². The second kappa shape index (κ2) is 8.95. The third kappa shape index (κ3) is 3.97. The molecule has 5 aliphatic carbocycles. The number of rotatable bonds is 6. The minimum Gasteiger partial charge on any atom is -0.490 e. The van der Waals surface area contributed by atoms with E-state index in [1.165, 1.54) is 63.4 Å². The van der Waals surface area contributed by atoms with Crippen molar-refractivity contribution in [2.75, 3.05) is 6.54 Å². The van der Waals surface area contributed by atoms with Crippen molar-refractivity contribution in [1.82, 2.24) is 5.32 Å². The number of hydrogen-bond donors (Lipinski definition) is 2. The van der Waals surface area contributed by atoms with E-state index < -0.39 is 0 Å². The molecule has 2 aromatic rings. The third-order valence-electron chi connectivity index (χ3n) is 9.62. The maximum absolute atomic E-state index is 6.70. The normalized spacial score (nSPS) is 38.4. The van der Waals surface area contributed by atoms with Crippen molar-refractivity contribution >= 4 is 17.2 Å². The Kier molecular flexibility index (Phi) is 5.93. The first-order valence-corrected chi connectivity index (χ1v) is 13.8. The first-order chi connectivity index (χ1) is 16.6. The van der Waals surface area contributed by atoms with Crippen molar-refractivity contribution in [3.63, 3.8) is 0 Å². The Hall–Kier alpha value is -1.91. The van der Waals surface area contributed by atoms with Gasteiger partial charge in [-0.25, -0.2) is 0 Å². The molecule has 3 N–H and O–H groups in total. The minimum absolute atomic E-state index is 0.109. The molecule has 7 rings (SSSR count). The molecular weight excluding hydrogens is 436 g/mol. The maximum atomic E-state index is 6.70. The highest BCUT2D eigenvalue weighted by molar-refractivity contribution is 7.80. The molecule has 5 saturated carbocycles. The smallest absolute Gasteiger partial charge is 0.119 e. The fourth-order valence-electron chi connectivity index (χ4n) is 8.23. The van der Waals surface area contributed by atoms with Crippen molar-refractivity contribution in [3.8, 4) is 5.75 Å². The Balaban J connectivity index is 1.26. The average molecular weight is 475 g/mol. The van der Waals surface area contributed by atoms with Crippen LogP contribution in [-0.2, 0) is 5.41 Å². The van der Waals surface area contributed by atoms with Crippen LogP contribution in [0.5, 0.6) is 5.75 Å². The Morgan fingerprint density at radius 3 is 2.12 bits per heavy atom. The van der Waals surface area contributed by atoms with Gasteiger partial charge >= 0.3 is 0 Å². The topological polar surface area (TPSA) is 47.3 Å². The van der Waals surface area contributed by atoms with Crippen LogP contribution in [0.15, 0.2) is 60.7 Å². The molecule has 0 aromatic heterocycles. The number of nitrogens with one attached hydrogen (secondary N) is 1. The van der Waals surface area contributed by atoms with E-state index in [1.54, 1.807) is 0 Å². The van der Waals surface area contributed by atoms with Crippen molar-refractivity contribution < 1.29 is 4.74 Å². The van der Waals surface area contributed by atoms with Crippen LogP contribution in [0, 0.1) is 23.2 Å². The molecule has 0 amide bonds. The van der Waals surface area contributed by atoms with Gasteiger partial charge in [-0.1, -0.05) is 60.7 Å². The number of benzene rings is 2. The van der Waals surface area contributed by atoms with E-state index in [2.05, 4.69) is 66.0 Å². The zero-order valence-corrected chi connectivity index (χ0v) is 20.9. The van der Waals surface area contributed by atoms with Crippen molar-refractivity contribution in [3.05, 3.63) is 66.2 Å². The van der Waals surface area contributed by atoms with Gasteiger partial charge in [0.2, 0.25) is 0 Å². The Morgan fingerprint density at radius 1 is 0.882 bits per heavy atom. The van der Waals surface area contributed by atoms with Gasteiger partial charge in [-0.2, -0.15) is 0 Å². The summed E-state index contributed by atoms with van der Waals surface area (Å²) >= 11 is 6.28. The highest BCUT2D eigenvalue weighted by Crippen LogP contribution is 2.66. The lowest BCUT2D eigenvalue weighted by atomic mass is 9.42. The van der Waals surface area contributed by atoms with Gasteiger partial charge in [0, 0.05) is 11.5 Å². The van der Waals surface area contributed by atoms with E-state index in [0.29, 0.717) is 29.9 Å². The molecule has 2 aromatic carbocycles. The summed E-state index contributed by atoms with van der Waals surface area (Å²) in [5.41, 5.74) is 7.78. The Bertz CT molecular complexity index is 985. The van der Waals surface area contributed by atoms with E-state index in [9.17, 15) is 0 Å². The molecular formula is C30H38N2OS. The summed E-state index contributed by atoms with van der Waals surface area (Å²) in [7, 11) is 0. The molecule has 3 nitrogen and oxygen atoms in total. The lowest BCUT2D eigenvalue weighted by Gasteiger charge is -2.64. The fourth-order valence-corrected chi connectivity index (χ4v) is 8.63. The van der Waals surface area contributed by atoms with Crippen LogP contribution in [-0.4, -0.2) is 23.7 Å². The van der Waals surface area contributed by atoms with Gasteiger partial charge in [-0.05, 0) is 105 Å². The van der Waals surface area contributed by atoms with Gasteiger partial charge in [-0.15, -0.1) is 0 Å². The van der Waals surface area contributed by atoms with Crippen LogP contribution in [0.3, 0.4) is 0 Å². The molecule has 0 radical (unpaired) electrons. The summed E-state index contributed by atoms with van der Waals surface area (Å²) in [5, 5.41) is 3.90. The predicted molar refractivity (Wildman–Crippen MR) is 142 cm³/mol.